The number of amides is 1. The second kappa shape index (κ2) is 12.5. The van der Waals surface area contributed by atoms with Gasteiger partial charge in [0.2, 0.25) is 0 Å². The normalized spacial score (nSPS) is 18.0. The molecule has 3 aromatic carbocycles. The Labute approximate surface area is 251 Å². The van der Waals surface area contributed by atoms with Gasteiger partial charge in [-0.05, 0) is 66.8 Å². The molecule has 2 unspecified atom stereocenters. The minimum Gasteiger partial charge on any atom is -0.495 e. The molecule has 0 aromatic heterocycles. The van der Waals surface area contributed by atoms with E-state index in [0.29, 0.717) is 57.7 Å². The minimum atomic E-state index is -0.635. The highest BCUT2D eigenvalue weighted by Crippen LogP contribution is 2.47. The Bertz CT molecular complexity index is 1620. The van der Waals surface area contributed by atoms with Crippen molar-refractivity contribution in [2.24, 2.45) is 0 Å². The molecule has 1 heterocycles. The monoisotopic (exact) mass is 584 g/mol. The molecular weight excluding hydrogens is 548 g/mol. The number of hydrogen-bond acceptors (Lipinski definition) is 8. The van der Waals surface area contributed by atoms with E-state index in [2.05, 4.69) is 10.6 Å². The van der Waals surface area contributed by atoms with Crippen LogP contribution >= 0.6 is 0 Å². The van der Waals surface area contributed by atoms with Crippen LogP contribution in [0.15, 0.2) is 83.2 Å². The van der Waals surface area contributed by atoms with Crippen molar-refractivity contribution in [2.75, 3.05) is 40.9 Å². The number of ether oxygens (including phenoxy) is 5. The van der Waals surface area contributed by atoms with Crippen LogP contribution in [-0.4, -0.2) is 47.2 Å². The summed E-state index contributed by atoms with van der Waals surface area (Å²) in [6, 6.07) is 18.5. The van der Waals surface area contributed by atoms with Crippen LogP contribution < -0.4 is 34.3 Å². The Morgan fingerprint density at radius 1 is 0.744 bits per heavy atom. The van der Waals surface area contributed by atoms with E-state index < -0.39 is 5.92 Å². The number of carbonyl (C=O) groups is 2. The summed E-state index contributed by atoms with van der Waals surface area (Å²) in [6.45, 7) is 1.86. The molecule has 2 N–H and O–H groups in total. The van der Waals surface area contributed by atoms with Gasteiger partial charge in [0.15, 0.2) is 28.8 Å². The fraction of sp³-hybridized carbons (Fsp3) is 0.294. The van der Waals surface area contributed by atoms with Gasteiger partial charge in [0, 0.05) is 34.9 Å². The highest BCUT2D eigenvalue weighted by Gasteiger charge is 2.41. The summed E-state index contributed by atoms with van der Waals surface area (Å²) >= 11 is 0. The van der Waals surface area contributed by atoms with Gasteiger partial charge < -0.3 is 34.3 Å². The van der Waals surface area contributed by atoms with Gasteiger partial charge in [0.05, 0.1) is 41.2 Å². The molecule has 0 radical (unpaired) electrons. The molecule has 2 atom stereocenters. The number of para-hydroxylation sites is 2. The molecule has 2 aliphatic rings. The third-order valence-electron chi connectivity index (χ3n) is 8.05. The van der Waals surface area contributed by atoms with Gasteiger partial charge in [0.1, 0.15) is 5.75 Å². The average molecular weight is 585 g/mol. The molecule has 0 fully saturated rings. The van der Waals surface area contributed by atoms with Crippen molar-refractivity contribution < 1.29 is 33.3 Å². The molecule has 0 saturated heterocycles. The first-order valence-electron chi connectivity index (χ1n) is 14.0. The van der Waals surface area contributed by atoms with Crippen molar-refractivity contribution in [1.82, 2.24) is 5.32 Å². The van der Waals surface area contributed by atoms with Gasteiger partial charge in [-0.2, -0.15) is 0 Å². The number of ketones is 1. The molecular formula is C34H36N2O7. The second-order valence-electron chi connectivity index (χ2n) is 10.4. The van der Waals surface area contributed by atoms with E-state index in [4.69, 9.17) is 23.7 Å². The lowest BCUT2D eigenvalue weighted by atomic mass is 9.71. The summed E-state index contributed by atoms with van der Waals surface area (Å²) in [5.41, 5.74) is 4.71. The maximum Gasteiger partial charge on any atom is 0.254 e. The van der Waals surface area contributed by atoms with Crippen LogP contribution in [0, 0.1) is 0 Å². The zero-order chi connectivity index (χ0) is 30.7. The standard InChI is InChI=1S/C34H36N2O7/c1-19-31(34(38)36-23-9-7-8-10-26(23)39-2)32(21-12-14-28(41-4)30(18-21)43-6)33-24(35-19)15-22(16-25(33)37)20-11-13-27(40-3)29(17-20)42-5/h7-14,17-18,22,32,35H,15-16H2,1-6H3,(H,36,38). The Hall–Kier alpha value is -4.92. The minimum absolute atomic E-state index is 0.0385. The number of dihydropyridines is 1. The first-order chi connectivity index (χ1) is 20.8. The maximum absolute atomic E-state index is 14.1. The lowest BCUT2D eigenvalue weighted by Crippen LogP contribution is -2.37. The number of hydrogen-bond donors (Lipinski definition) is 2. The van der Waals surface area contributed by atoms with Crippen LogP contribution in [-0.2, 0) is 9.59 Å². The fourth-order valence-electron chi connectivity index (χ4n) is 5.99. The van der Waals surface area contributed by atoms with Crippen molar-refractivity contribution >= 4 is 17.4 Å². The zero-order valence-corrected chi connectivity index (χ0v) is 25.2. The number of Topliss-reactive ketones (excluding diaryl/α,β-unsaturated/α-hetero) is 1. The van der Waals surface area contributed by atoms with Gasteiger partial charge in [-0.1, -0.05) is 24.3 Å². The van der Waals surface area contributed by atoms with Gasteiger partial charge in [-0.3, -0.25) is 9.59 Å². The molecule has 3 aromatic rings. The summed E-state index contributed by atoms with van der Waals surface area (Å²) < 4.78 is 27.4. The SMILES string of the molecule is COc1ccccc1NC(=O)C1=C(C)NC2=C(C(=O)CC(c3ccc(OC)c(OC)c3)C2)C1c1ccc(OC)c(OC)c1. The van der Waals surface area contributed by atoms with Crippen LogP contribution in [0.4, 0.5) is 5.69 Å². The lowest BCUT2D eigenvalue weighted by molar-refractivity contribution is -0.116. The fourth-order valence-corrected chi connectivity index (χ4v) is 5.99. The van der Waals surface area contributed by atoms with Crippen molar-refractivity contribution in [3.63, 3.8) is 0 Å². The number of methoxy groups -OCH3 is 5. The van der Waals surface area contributed by atoms with E-state index >= 15 is 0 Å². The molecule has 1 amide bonds. The predicted octanol–water partition coefficient (Wildman–Crippen LogP) is 5.73. The third kappa shape index (κ3) is 5.62. The average Bonchev–Trinajstić information content (AvgIpc) is 3.03. The third-order valence-corrected chi connectivity index (χ3v) is 8.05. The van der Waals surface area contributed by atoms with Crippen LogP contribution in [0.2, 0.25) is 0 Å². The number of nitrogens with one attached hydrogen (secondary N) is 2. The molecule has 224 valence electrons. The summed E-state index contributed by atoms with van der Waals surface area (Å²) in [5, 5.41) is 6.43. The number of allylic oxidation sites excluding steroid dienone is 3. The largest absolute Gasteiger partial charge is 0.495 e. The first kappa shape index (κ1) is 29.6. The van der Waals surface area contributed by atoms with Crippen molar-refractivity contribution in [2.45, 2.75) is 31.6 Å². The van der Waals surface area contributed by atoms with Crippen molar-refractivity contribution in [1.29, 1.82) is 0 Å². The topological polar surface area (TPSA) is 104 Å². The van der Waals surface area contributed by atoms with Crippen LogP contribution in [0.1, 0.15) is 42.7 Å². The Morgan fingerprint density at radius 2 is 1.33 bits per heavy atom. The van der Waals surface area contributed by atoms with Gasteiger partial charge >= 0.3 is 0 Å². The molecule has 43 heavy (non-hydrogen) atoms. The molecule has 9 heteroatoms. The van der Waals surface area contributed by atoms with Crippen LogP contribution in [0.5, 0.6) is 28.7 Å². The zero-order valence-electron chi connectivity index (χ0n) is 25.2. The van der Waals surface area contributed by atoms with Crippen LogP contribution in [0.25, 0.3) is 0 Å². The summed E-state index contributed by atoms with van der Waals surface area (Å²) in [4.78, 5) is 28.1. The highest BCUT2D eigenvalue weighted by molar-refractivity contribution is 6.10. The summed E-state index contributed by atoms with van der Waals surface area (Å²) in [5.74, 6) is 1.74. The maximum atomic E-state index is 14.1. The molecule has 9 nitrogen and oxygen atoms in total. The summed E-state index contributed by atoms with van der Waals surface area (Å²) in [7, 11) is 7.87. The number of carbonyl (C=O) groups excluding carboxylic acids is 2. The molecule has 0 bridgehead atoms. The van der Waals surface area contributed by atoms with E-state index in [1.165, 1.54) is 0 Å². The molecule has 0 saturated carbocycles. The smallest absolute Gasteiger partial charge is 0.254 e. The number of anilines is 1. The molecule has 5 rings (SSSR count). The van der Waals surface area contributed by atoms with E-state index in [0.717, 1.165) is 16.8 Å². The van der Waals surface area contributed by atoms with Gasteiger partial charge in [-0.25, -0.2) is 0 Å². The predicted molar refractivity (Wildman–Crippen MR) is 163 cm³/mol. The number of rotatable bonds is 9. The van der Waals surface area contributed by atoms with Gasteiger partial charge in [-0.15, -0.1) is 0 Å². The molecule has 1 aliphatic carbocycles. The van der Waals surface area contributed by atoms with E-state index in [1.807, 2.05) is 49.4 Å². The van der Waals surface area contributed by atoms with Crippen LogP contribution in [0.3, 0.4) is 0 Å². The Balaban J connectivity index is 1.59. The van der Waals surface area contributed by atoms with E-state index in [1.54, 1.807) is 53.7 Å². The lowest BCUT2D eigenvalue weighted by Gasteiger charge is -2.37. The van der Waals surface area contributed by atoms with E-state index in [-0.39, 0.29) is 24.0 Å². The Morgan fingerprint density at radius 3 is 1.95 bits per heavy atom. The molecule has 1 aliphatic heterocycles. The summed E-state index contributed by atoms with van der Waals surface area (Å²) in [6.07, 6.45) is 0.860. The van der Waals surface area contributed by atoms with Gasteiger partial charge in [0.25, 0.3) is 5.91 Å². The number of benzene rings is 3. The second-order valence-corrected chi connectivity index (χ2v) is 10.4. The highest BCUT2D eigenvalue weighted by atomic mass is 16.5. The Kier molecular flexibility index (Phi) is 8.61. The first-order valence-corrected chi connectivity index (χ1v) is 14.0. The van der Waals surface area contributed by atoms with Crippen molar-refractivity contribution in [3.8, 4) is 28.7 Å². The van der Waals surface area contributed by atoms with E-state index in [9.17, 15) is 9.59 Å². The van der Waals surface area contributed by atoms with Crippen molar-refractivity contribution in [3.05, 3.63) is 94.3 Å². The quantitative estimate of drug-likeness (QED) is 0.329. The molecule has 0 spiro atoms.